The Morgan fingerprint density at radius 1 is 1.09 bits per heavy atom. The average molecular weight is 476 g/mol. The summed E-state index contributed by atoms with van der Waals surface area (Å²) in [5, 5.41) is 7.59. The first-order valence-corrected chi connectivity index (χ1v) is 12.0. The maximum Gasteiger partial charge on any atom is 0.410 e. The van der Waals surface area contributed by atoms with Crippen LogP contribution in [0.15, 0.2) is 54.9 Å². The van der Waals surface area contributed by atoms with Crippen molar-refractivity contribution < 1.29 is 14.3 Å². The maximum absolute atomic E-state index is 13.2. The fourth-order valence-corrected chi connectivity index (χ4v) is 4.25. The molecule has 0 bridgehead atoms. The van der Waals surface area contributed by atoms with E-state index < -0.39 is 5.60 Å². The van der Waals surface area contributed by atoms with E-state index >= 15 is 0 Å². The van der Waals surface area contributed by atoms with Gasteiger partial charge in [0.25, 0.3) is 5.91 Å². The molecule has 8 heteroatoms. The number of rotatable bonds is 5. The number of carbonyl (C=O) groups is 2. The predicted octanol–water partition coefficient (Wildman–Crippen LogP) is 4.62. The van der Waals surface area contributed by atoms with Crippen molar-refractivity contribution in [2.24, 2.45) is 0 Å². The molecular formula is C27H33N5O3. The van der Waals surface area contributed by atoms with Crippen LogP contribution in [0, 0.1) is 6.92 Å². The van der Waals surface area contributed by atoms with Crippen molar-refractivity contribution in [3.63, 3.8) is 0 Å². The Bertz CT molecular complexity index is 1160. The first kappa shape index (κ1) is 24.4. The van der Waals surface area contributed by atoms with Gasteiger partial charge in [0.2, 0.25) is 0 Å². The predicted molar refractivity (Wildman–Crippen MR) is 133 cm³/mol. The number of benzene rings is 1. The number of hydrogen-bond acceptors (Lipinski definition) is 5. The zero-order valence-corrected chi connectivity index (χ0v) is 20.8. The lowest BCUT2D eigenvalue weighted by Gasteiger charge is -2.34. The average Bonchev–Trinajstić information content (AvgIpc) is 3.28. The van der Waals surface area contributed by atoms with Crippen LogP contribution in [-0.2, 0) is 11.3 Å². The third-order valence-electron chi connectivity index (χ3n) is 6.02. The van der Waals surface area contributed by atoms with Crippen LogP contribution in [0.1, 0.15) is 66.8 Å². The Hall–Kier alpha value is -3.68. The van der Waals surface area contributed by atoms with E-state index in [9.17, 15) is 9.59 Å². The van der Waals surface area contributed by atoms with Gasteiger partial charge in [0.05, 0.1) is 35.4 Å². The number of piperidine rings is 1. The minimum atomic E-state index is -0.531. The van der Waals surface area contributed by atoms with E-state index in [0.717, 1.165) is 35.5 Å². The monoisotopic (exact) mass is 475 g/mol. The summed E-state index contributed by atoms with van der Waals surface area (Å²) in [5.41, 5.74) is 3.74. The molecule has 1 saturated heterocycles. The van der Waals surface area contributed by atoms with E-state index in [1.165, 1.54) is 0 Å². The zero-order chi connectivity index (χ0) is 25.0. The van der Waals surface area contributed by atoms with Gasteiger partial charge in [-0.3, -0.25) is 9.78 Å². The Balaban J connectivity index is 1.56. The molecule has 0 unspecified atom stereocenters. The van der Waals surface area contributed by atoms with Gasteiger partial charge < -0.3 is 15.0 Å². The summed E-state index contributed by atoms with van der Waals surface area (Å²) >= 11 is 0. The summed E-state index contributed by atoms with van der Waals surface area (Å²) in [6.45, 7) is 9.11. The summed E-state index contributed by atoms with van der Waals surface area (Å²) in [6, 6.07) is 13.7. The van der Waals surface area contributed by atoms with Gasteiger partial charge in [-0.1, -0.05) is 23.8 Å². The van der Waals surface area contributed by atoms with Crippen LogP contribution in [0.2, 0.25) is 0 Å². The van der Waals surface area contributed by atoms with E-state index in [1.807, 2.05) is 74.8 Å². The molecular weight excluding hydrogens is 442 g/mol. The van der Waals surface area contributed by atoms with Gasteiger partial charge in [0, 0.05) is 25.2 Å². The highest BCUT2D eigenvalue weighted by atomic mass is 16.6. The van der Waals surface area contributed by atoms with Gasteiger partial charge in [0.15, 0.2) is 0 Å². The van der Waals surface area contributed by atoms with Crippen LogP contribution in [0.3, 0.4) is 0 Å². The molecule has 0 saturated carbocycles. The van der Waals surface area contributed by atoms with E-state index in [1.54, 1.807) is 17.3 Å². The normalized spacial score (nSPS) is 14.6. The van der Waals surface area contributed by atoms with E-state index in [-0.39, 0.29) is 17.9 Å². The molecule has 1 N–H and O–H groups in total. The SMILES string of the molecule is Cc1ccc(-n2ncc(C(=O)NCc3ccccn3)c2C2CCN(C(=O)OC(C)(C)C)CC2)cc1. The van der Waals surface area contributed by atoms with Crippen LogP contribution in [0.4, 0.5) is 4.79 Å². The topological polar surface area (TPSA) is 89.4 Å². The van der Waals surface area contributed by atoms with Crippen LogP contribution in [0.25, 0.3) is 5.69 Å². The van der Waals surface area contributed by atoms with E-state index in [4.69, 9.17) is 4.74 Å². The number of ether oxygens (including phenoxy) is 1. The van der Waals surface area contributed by atoms with Gasteiger partial charge >= 0.3 is 6.09 Å². The number of aromatic nitrogens is 3. The van der Waals surface area contributed by atoms with Gasteiger partial charge in [-0.05, 0) is 64.8 Å². The van der Waals surface area contributed by atoms with E-state index in [2.05, 4.69) is 15.4 Å². The molecule has 0 aliphatic carbocycles. The Labute approximate surface area is 206 Å². The van der Waals surface area contributed by atoms with Crippen LogP contribution in [0.5, 0.6) is 0 Å². The van der Waals surface area contributed by atoms with Crippen molar-refractivity contribution in [2.75, 3.05) is 13.1 Å². The van der Waals surface area contributed by atoms with Crippen molar-refractivity contribution in [3.05, 3.63) is 77.4 Å². The molecule has 1 aromatic carbocycles. The van der Waals surface area contributed by atoms with Gasteiger partial charge in [-0.25, -0.2) is 9.48 Å². The Morgan fingerprint density at radius 3 is 2.43 bits per heavy atom. The highest BCUT2D eigenvalue weighted by Crippen LogP contribution is 2.33. The Morgan fingerprint density at radius 2 is 1.80 bits per heavy atom. The molecule has 0 atom stereocenters. The highest BCUT2D eigenvalue weighted by molar-refractivity contribution is 5.95. The van der Waals surface area contributed by atoms with Gasteiger partial charge in [-0.2, -0.15) is 5.10 Å². The summed E-state index contributed by atoms with van der Waals surface area (Å²) in [6.07, 6.45) is 4.50. The quantitative estimate of drug-likeness (QED) is 0.582. The van der Waals surface area contributed by atoms with Crippen molar-refractivity contribution in [1.82, 2.24) is 25.0 Å². The van der Waals surface area contributed by atoms with Crippen molar-refractivity contribution in [1.29, 1.82) is 0 Å². The van der Waals surface area contributed by atoms with Crippen LogP contribution in [-0.4, -0.2) is 50.4 Å². The van der Waals surface area contributed by atoms with Crippen molar-refractivity contribution >= 4 is 12.0 Å². The smallest absolute Gasteiger partial charge is 0.410 e. The molecule has 35 heavy (non-hydrogen) atoms. The molecule has 0 radical (unpaired) electrons. The molecule has 184 valence electrons. The molecule has 1 aliphatic heterocycles. The lowest BCUT2D eigenvalue weighted by atomic mass is 9.90. The van der Waals surface area contributed by atoms with Gasteiger partial charge in [0.1, 0.15) is 5.60 Å². The molecule has 1 fully saturated rings. The summed E-state index contributed by atoms with van der Waals surface area (Å²) < 4.78 is 7.41. The molecule has 4 rings (SSSR count). The minimum Gasteiger partial charge on any atom is -0.444 e. The van der Waals surface area contributed by atoms with Gasteiger partial charge in [-0.15, -0.1) is 0 Å². The largest absolute Gasteiger partial charge is 0.444 e. The molecule has 8 nitrogen and oxygen atoms in total. The number of carbonyl (C=O) groups excluding carboxylic acids is 2. The fraction of sp³-hybridized carbons (Fsp3) is 0.407. The second-order valence-electron chi connectivity index (χ2n) is 9.94. The standard InChI is InChI=1S/C27H33N5O3/c1-19-8-10-22(11-9-19)32-24(20-12-15-31(16-13-20)26(34)35-27(2,3)4)23(18-30-32)25(33)29-17-21-7-5-6-14-28-21/h5-11,14,18,20H,12-13,15-17H2,1-4H3,(H,29,33). The highest BCUT2D eigenvalue weighted by Gasteiger charge is 2.32. The summed E-state index contributed by atoms with van der Waals surface area (Å²) in [5.74, 6) is -0.105. The minimum absolute atomic E-state index is 0.0769. The summed E-state index contributed by atoms with van der Waals surface area (Å²) in [4.78, 5) is 31.8. The van der Waals surface area contributed by atoms with E-state index in [0.29, 0.717) is 25.2 Å². The molecule has 1 aliphatic rings. The number of aryl methyl sites for hydroxylation is 1. The molecule has 0 spiro atoms. The lowest BCUT2D eigenvalue weighted by Crippen LogP contribution is -2.41. The number of hydrogen-bond donors (Lipinski definition) is 1. The molecule has 2 amide bonds. The number of nitrogens with one attached hydrogen (secondary N) is 1. The van der Waals surface area contributed by atoms with Crippen molar-refractivity contribution in [3.8, 4) is 5.69 Å². The zero-order valence-electron chi connectivity index (χ0n) is 20.8. The lowest BCUT2D eigenvalue weighted by molar-refractivity contribution is 0.0203. The molecule has 3 heterocycles. The maximum atomic E-state index is 13.2. The van der Waals surface area contributed by atoms with Crippen molar-refractivity contribution in [2.45, 2.75) is 58.6 Å². The molecule has 2 aromatic heterocycles. The van der Waals surface area contributed by atoms with Crippen LogP contribution >= 0.6 is 0 Å². The third-order valence-corrected chi connectivity index (χ3v) is 6.02. The first-order valence-electron chi connectivity index (χ1n) is 12.0. The number of amides is 2. The summed E-state index contributed by atoms with van der Waals surface area (Å²) in [7, 11) is 0. The number of pyridine rings is 1. The second-order valence-corrected chi connectivity index (χ2v) is 9.94. The van der Waals surface area contributed by atoms with Crippen LogP contribution < -0.4 is 5.32 Å². The second kappa shape index (κ2) is 10.3. The number of nitrogens with zero attached hydrogens (tertiary/aromatic N) is 4. The Kier molecular flexibility index (Phi) is 7.19. The fourth-order valence-electron chi connectivity index (χ4n) is 4.25. The molecule has 3 aromatic rings. The first-order chi connectivity index (χ1) is 16.7. The number of likely N-dealkylation sites (tertiary alicyclic amines) is 1. The third kappa shape index (κ3) is 6.07.